The molecule has 0 saturated carbocycles. The van der Waals surface area contributed by atoms with Crippen LogP contribution in [0.3, 0.4) is 0 Å². The molecule has 1 amide bonds. The minimum atomic E-state index is -1.33. The van der Waals surface area contributed by atoms with Crippen LogP contribution in [0.2, 0.25) is 0 Å². The molecular weight excluding hydrogens is 360 g/mol. The van der Waals surface area contributed by atoms with E-state index in [9.17, 15) is 23.2 Å². The van der Waals surface area contributed by atoms with Crippen molar-refractivity contribution in [1.29, 1.82) is 0 Å². The number of aromatic nitrogens is 2. The molecule has 0 bridgehead atoms. The largest absolute Gasteiger partial charge is 0.448 e. The minimum Gasteiger partial charge on any atom is -0.448 e. The molecule has 7 nitrogen and oxygen atoms in total. The molecule has 1 heterocycles. The number of hydrogen-bond acceptors (Lipinski definition) is 5. The summed E-state index contributed by atoms with van der Waals surface area (Å²) >= 11 is 0. The van der Waals surface area contributed by atoms with Crippen molar-refractivity contribution in [2.75, 3.05) is 5.32 Å². The van der Waals surface area contributed by atoms with Crippen LogP contribution in [0.25, 0.3) is 10.8 Å². The average Bonchev–Trinajstić information content (AvgIpc) is 2.65. The molecule has 3 rings (SSSR count). The Bertz CT molecular complexity index is 1100. The number of aromatic amines is 1. The number of rotatable bonds is 4. The summed E-state index contributed by atoms with van der Waals surface area (Å²) in [5.74, 6) is -3.39. The van der Waals surface area contributed by atoms with Gasteiger partial charge in [0.25, 0.3) is 11.5 Å². The summed E-state index contributed by atoms with van der Waals surface area (Å²) in [6.45, 7) is 1.26. The first kappa shape index (κ1) is 18.2. The van der Waals surface area contributed by atoms with E-state index in [0.717, 1.165) is 18.2 Å². The number of carbonyl (C=O) groups is 2. The third-order valence-electron chi connectivity index (χ3n) is 3.73. The van der Waals surface area contributed by atoms with E-state index in [1.54, 1.807) is 12.1 Å². The molecule has 27 heavy (non-hydrogen) atoms. The lowest BCUT2D eigenvalue weighted by Crippen LogP contribution is -2.31. The van der Waals surface area contributed by atoms with Crippen LogP contribution in [0.1, 0.15) is 17.4 Å². The molecule has 1 atom stereocenters. The van der Waals surface area contributed by atoms with Crippen molar-refractivity contribution in [2.45, 2.75) is 13.0 Å². The van der Waals surface area contributed by atoms with Crippen molar-refractivity contribution in [3.05, 3.63) is 70.1 Å². The number of amides is 1. The van der Waals surface area contributed by atoms with Gasteiger partial charge in [0, 0.05) is 11.5 Å². The van der Waals surface area contributed by atoms with Crippen LogP contribution >= 0.6 is 0 Å². The number of H-pyrrole nitrogens is 1. The summed E-state index contributed by atoms with van der Waals surface area (Å²) in [6.07, 6.45) is -1.33. The second-order valence-electron chi connectivity index (χ2n) is 5.61. The molecule has 3 aromatic rings. The Hall–Kier alpha value is -3.62. The molecule has 9 heteroatoms. The fraction of sp³-hybridized carbons (Fsp3) is 0.111. The predicted octanol–water partition coefficient (Wildman–Crippen LogP) is 2.39. The fourth-order valence-electron chi connectivity index (χ4n) is 2.37. The molecular formula is C18H13F2N3O4. The first-order chi connectivity index (χ1) is 12.9. The van der Waals surface area contributed by atoms with Crippen molar-refractivity contribution in [1.82, 2.24) is 10.2 Å². The maximum atomic E-state index is 13.6. The Balaban J connectivity index is 1.78. The molecule has 2 aromatic carbocycles. The predicted molar refractivity (Wildman–Crippen MR) is 92.2 cm³/mol. The highest BCUT2D eigenvalue weighted by molar-refractivity contribution is 6.03. The molecule has 0 spiro atoms. The second-order valence-corrected chi connectivity index (χ2v) is 5.61. The summed E-state index contributed by atoms with van der Waals surface area (Å²) in [6, 6.07) is 8.83. The van der Waals surface area contributed by atoms with Crippen LogP contribution in [0.4, 0.5) is 14.5 Å². The van der Waals surface area contributed by atoms with E-state index in [1.165, 1.54) is 19.1 Å². The van der Waals surface area contributed by atoms with E-state index >= 15 is 0 Å². The summed E-state index contributed by atoms with van der Waals surface area (Å²) in [5, 5.41) is 8.50. The third kappa shape index (κ3) is 3.81. The first-order valence-electron chi connectivity index (χ1n) is 7.81. The highest BCUT2D eigenvalue weighted by atomic mass is 19.1. The van der Waals surface area contributed by atoms with Gasteiger partial charge in [0.1, 0.15) is 11.6 Å². The van der Waals surface area contributed by atoms with E-state index in [4.69, 9.17) is 4.74 Å². The molecule has 1 aromatic heterocycles. The number of anilines is 1. The van der Waals surface area contributed by atoms with Gasteiger partial charge < -0.3 is 10.1 Å². The molecule has 0 aliphatic carbocycles. The second kappa shape index (κ2) is 7.32. The molecule has 0 aliphatic heterocycles. The zero-order chi connectivity index (χ0) is 19.6. The van der Waals surface area contributed by atoms with Gasteiger partial charge in [-0.2, -0.15) is 5.10 Å². The molecule has 138 valence electrons. The number of nitrogens with one attached hydrogen (secondary N) is 2. The van der Waals surface area contributed by atoms with Gasteiger partial charge in [-0.3, -0.25) is 9.59 Å². The summed E-state index contributed by atoms with van der Waals surface area (Å²) < 4.78 is 31.8. The zero-order valence-electron chi connectivity index (χ0n) is 14.0. The van der Waals surface area contributed by atoms with Gasteiger partial charge >= 0.3 is 5.97 Å². The number of esters is 1. The lowest BCUT2D eigenvalue weighted by atomic mass is 10.1. The molecule has 0 fully saturated rings. The van der Waals surface area contributed by atoms with Crippen LogP contribution < -0.4 is 10.9 Å². The monoisotopic (exact) mass is 373 g/mol. The average molecular weight is 373 g/mol. The Labute approximate surface area is 151 Å². The number of fused-ring (bicyclic) bond motifs is 1. The van der Waals surface area contributed by atoms with Crippen molar-refractivity contribution < 1.29 is 23.1 Å². The summed E-state index contributed by atoms with van der Waals surface area (Å²) in [7, 11) is 0. The lowest BCUT2D eigenvalue weighted by Gasteiger charge is -2.14. The third-order valence-corrected chi connectivity index (χ3v) is 3.73. The first-order valence-corrected chi connectivity index (χ1v) is 7.81. The number of nitrogens with zero attached hydrogens (tertiary/aromatic N) is 1. The highest BCUT2D eigenvalue weighted by Gasteiger charge is 2.23. The fourth-order valence-corrected chi connectivity index (χ4v) is 2.37. The molecule has 2 N–H and O–H groups in total. The lowest BCUT2D eigenvalue weighted by molar-refractivity contribution is -0.123. The maximum absolute atomic E-state index is 13.6. The Kier molecular flexibility index (Phi) is 4.93. The number of ether oxygens (including phenoxy) is 1. The quantitative estimate of drug-likeness (QED) is 0.684. The van der Waals surface area contributed by atoms with Gasteiger partial charge in [0.2, 0.25) is 0 Å². The highest BCUT2D eigenvalue weighted by Crippen LogP contribution is 2.17. The van der Waals surface area contributed by atoms with Crippen molar-refractivity contribution in [3.63, 3.8) is 0 Å². The van der Waals surface area contributed by atoms with E-state index in [-0.39, 0.29) is 22.2 Å². The van der Waals surface area contributed by atoms with Crippen molar-refractivity contribution in [2.24, 2.45) is 0 Å². The SMILES string of the molecule is C[C@H](OC(=O)c1n[nH]c(=O)c2ccccc12)C(=O)Nc1cc(F)ccc1F. The van der Waals surface area contributed by atoms with E-state index in [1.807, 2.05) is 0 Å². The number of carbonyl (C=O) groups excluding carboxylic acids is 2. The minimum absolute atomic E-state index is 0.179. The Morgan fingerprint density at radius 2 is 1.85 bits per heavy atom. The number of hydrogen-bond donors (Lipinski definition) is 2. The van der Waals surface area contributed by atoms with E-state index in [0.29, 0.717) is 0 Å². The number of halogens is 2. The van der Waals surface area contributed by atoms with Crippen LogP contribution in [-0.2, 0) is 9.53 Å². The molecule has 0 aliphatic rings. The topological polar surface area (TPSA) is 101 Å². The van der Waals surface area contributed by atoms with Crippen LogP contribution in [0.15, 0.2) is 47.3 Å². The summed E-state index contributed by atoms with van der Waals surface area (Å²) in [5.41, 5.74) is -1.04. The Morgan fingerprint density at radius 3 is 2.59 bits per heavy atom. The van der Waals surface area contributed by atoms with Crippen LogP contribution in [0.5, 0.6) is 0 Å². The summed E-state index contributed by atoms with van der Waals surface area (Å²) in [4.78, 5) is 36.2. The maximum Gasteiger partial charge on any atom is 0.360 e. The van der Waals surface area contributed by atoms with E-state index in [2.05, 4.69) is 15.5 Å². The van der Waals surface area contributed by atoms with Crippen LogP contribution in [0, 0.1) is 11.6 Å². The molecule has 0 saturated heterocycles. The smallest absolute Gasteiger partial charge is 0.360 e. The van der Waals surface area contributed by atoms with E-state index < -0.39 is 35.2 Å². The number of benzene rings is 2. The van der Waals surface area contributed by atoms with Crippen LogP contribution in [-0.4, -0.2) is 28.2 Å². The van der Waals surface area contributed by atoms with Gasteiger partial charge in [-0.05, 0) is 25.1 Å². The molecule has 0 unspecified atom stereocenters. The van der Waals surface area contributed by atoms with Crippen molar-refractivity contribution >= 4 is 28.3 Å². The Morgan fingerprint density at radius 1 is 1.15 bits per heavy atom. The van der Waals surface area contributed by atoms with Gasteiger partial charge in [0.15, 0.2) is 11.8 Å². The van der Waals surface area contributed by atoms with Gasteiger partial charge in [-0.25, -0.2) is 18.7 Å². The molecule has 0 radical (unpaired) electrons. The zero-order valence-corrected chi connectivity index (χ0v) is 14.0. The van der Waals surface area contributed by atoms with Crippen molar-refractivity contribution in [3.8, 4) is 0 Å². The normalized spacial score (nSPS) is 11.8. The van der Waals surface area contributed by atoms with Gasteiger partial charge in [-0.15, -0.1) is 0 Å². The van der Waals surface area contributed by atoms with Gasteiger partial charge in [0.05, 0.1) is 11.1 Å². The van der Waals surface area contributed by atoms with Gasteiger partial charge in [-0.1, -0.05) is 18.2 Å². The standard InChI is InChI=1S/C18H13F2N3O4/c1-9(16(24)21-14-8-10(19)6-7-13(14)20)27-18(26)15-11-4-2-3-5-12(11)17(25)23-22-15/h2-9H,1H3,(H,21,24)(H,23,25)/t9-/m0/s1.